The minimum absolute atomic E-state index is 0.0321. The summed E-state index contributed by atoms with van der Waals surface area (Å²) in [6, 6.07) is 0. The van der Waals surface area contributed by atoms with E-state index >= 15 is 0 Å². The SMILES string of the molecule is O=CC1CCCC(CO)O1. The molecule has 1 rings (SSSR count). The van der Waals surface area contributed by atoms with Gasteiger partial charge in [0.25, 0.3) is 0 Å². The Balaban J connectivity index is 2.31. The van der Waals surface area contributed by atoms with Crippen molar-refractivity contribution in [2.45, 2.75) is 31.5 Å². The molecule has 0 aromatic heterocycles. The summed E-state index contributed by atoms with van der Waals surface area (Å²) in [5.41, 5.74) is 0. The first kappa shape index (κ1) is 7.69. The summed E-state index contributed by atoms with van der Waals surface area (Å²) in [5, 5.41) is 8.66. The molecule has 1 fully saturated rings. The van der Waals surface area contributed by atoms with Gasteiger partial charge < -0.3 is 14.6 Å². The summed E-state index contributed by atoms with van der Waals surface area (Å²) < 4.78 is 5.17. The predicted molar refractivity (Wildman–Crippen MR) is 35.7 cm³/mol. The monoisotopic (exact) mass is 144 g/mol. The minimum Gasteiger partial charge on any atom is -0.394 e. The predicted octanol–water partition coefficient (Wildman–Crippen LogP) is 0.115. The molecular formula is C7H12O3. The van der Waals surface area contributed by atoms with Crippen molar-refractivity contribution in [1.29, 1.82) is 0 Å². The van der Waals surface area contributed by atoms with Gasteiger partial charge >= 0.3 is 0 Å². The van der Waals surface area contributed by atoms with Crippen molar-refractivity contribution < 1.29 is 14.6 Å². The second kappa shape index (κ2) is 3.68. The van der Waals surface area contributed by atoms with Crippen LogP contribution >= 0.6 is 0 Å². The Labute approximate surface area is 60.0 Å². The fourth-order valence-corrected chi connectivity index (χ4v) is 1.16. The molecule has 3 heteroatoms. The van der Waals surface area contributed by atoms with Crippen LogP contribution in [0.4, 0.5) is 0 Å². The number of hydrogen-bond acceptors (Lipinski definition) is 3. The number of hydrogen-bond donors (Lipinski definition) is 1. The van der Waals surface area contributed by atoms with E-state index in [-0.39, 0.29) is 18.8 Å². The number of rotatable bonds is 2. The molecular weight excluding hydrogens is 132 g/mol. The van der Waals surface area contributed by atoms with Gasteiger partial charge in [-0.25, -0.2) is 0 Å². The lowest BCUT2D eigenvalue weighted by Gasteiger charge is -2.24. The second-order valence-corrected chi connectivity index (χ2v) is 2.55. The van der Waals surface area contributed by atoms with Gasteiger partial charge in [-0.1, -0.05) is 0 Å². The number of aliphatic hydroxyl groups is 1. The van der Waals surface area contributed by atoms with Crippen LogP contribution in [0.15, 0.2) is 0 Å². The van der Waals surface area contributed by atoms with E-state index in [1.807, 2.05) is 0 Å². The molecule has 0 saturated carbocycles. The highest BCUT2D eigenvalue weighted by atomic mass is 16.5. The van der Waals surface area contributed by atoms with E-state index in [2.05, 4.69) is 0 Å². The molecule has 0 aliphatic carbocycles. The topological polar surface area (TPSA) is 46.5 Å². The summed E-state index contributed by atoms with van der Waals surface area (Å²) in [6.45, 7) is 0.0321. The average molecular weight is 144 g/mol. The third-order valence-corrected chi connectivity index (χ3v) is 1.74. The van der Waals surface area contributed by atoms with E-state index in [0.717, 1.165) is 25.5 Å². The Morgan fingerprint density at radius 2 is 2.40 bits per heavy atom. The molecule has 0 aromatic rings. The van der Waals surface area contributed by atoms with Crippen molar-refractivity contribution in [3.05, 3.63) is 0 Å². The summed E-state index contributed by atoms with van der Waals surface area (Å²) in [4.78, 5) is 10.2. The zero-order chi connectivity index (χ0) is 7.40. The fraction of sp³-hybridized carbons (Fsp3) is 0.857. The van der Waals surface area contributed by atoms with Crippen LogP contribution in [0.1, 0.15) is 19.3 Å². The molecule has 1 heterocycles. The first-order valence-electron chi connectivity index (χ1n) is 3.58. The van der Waals surface area contributed by atoms with E-state index in [0.29, 0.717) is 0 Å². The lowest BCUT2D eigenvalue weighted by atomic mass is 10.1. The van der Waals surface area contributed by atoms with Crippen molar-refractivity contribution in [3.8, 4) is 0 Å². The Morgan fingerprint density at radius 3 is 3.00 bits per heavy atom. The fourth-order valence-electron chi connectivity index (χ4n) is 1.16. The highest BCUT2D eigenvalue weighted by Gasteiger charge is 2.20. The molecule has 2 unspecified atom stereocenters. The van der Waals surface area contributed by atoms with Crippen LogP contribution in [0.3, 0.4) is 0 Å². The summed E-state index contributed by atoms with van der Waals surface area (Å²) >= 11 is 0. The summed E-state index contributed by atoms with van der Waals surface area (Å²) in [6.07, 6.45) is 3.09. The second-order valence-electron chi connectivity index (χ2n) is 2.55. The van der Waals surface area contributed by atoms with Crippen LogP contribution in [-0.4, -0.2) is 30.2 Å². The molecule has 1 aliphatic heterocycles. The number of ether oxygens (including phenoxy) is 1. The van der Waals surface area contributed by atoms with Crippen LogP contribution in [0.5, 0.6) is 0 Å². The molecule has 0 radical (unpaired) electrons. The zero-order valence-corrected chi connectivity index (χ0v) is 5.82. The molecule has 10 heavy (non-hydrogen) atoms. The summed E-state index contributed by atoms with van der Waals surface area (Å²) in [5.74, 6) is 0. The highest BCUT2D eigenvalue weighted by Crippen LogP contribution is 2.16. The van der Waals surface area contributed by atoms with Gasteiger partial charge in [-0.2, -0.15) is 0 Å². The Hall–Kier alpha value is -0.410. The van der Waals surface area contributed by atoms with Gasteiger partial charge in [0.05, 0.1) is 12.7 Å². The first-order valence-corrected chi connectivity index (χ1v) is 3.58. The quantitative estimate of drug-likeness (QED) is 0.560. The van der Waals surface area contributed by atoms with E-state index in [1.165, 1.54) is 0 Å². The molecule has 1 aliphatic rings. The molecule has 0 spiro atoms. The van der Waals surface area contributed by atoms with Crippen molar-refractivity contribution in [2.75, 3.05) is 6.61 Å². The Kier molecular flexibility index (Phi) is 2.83. The van der Waals surface area contributed by atoms with Gasteiger partial charge in [-0.05, 0) is 19.3 Å². The van der Waals surface area contributed by atoms with E-state index in [4.69, 9.17) is 9.84 Å². The first-order chi connectivity index (χ1) is 4.86. The maximum Gasteiger partial charge on any atom is 0.148 e. The van der Waals surface area contributed by atoms with E-state index in [9.17, 15) is 4.79 Å². The number of carbonyl (C=O) groups excluding carboxylic acids is 1. The van der Waals surface area contributed by atoms with Gasteiger partial charge in [0.1, 0.15) is 12.4 Å². The number of aliphatic hydroxyl groups excluding tert-OH is 1. The maximum absolute atomic E-state index is 10.2. The third kappa shape index (κ3) is 1.78. The molecule has 1 saturated heterocycles. The van der Waals surface area contributed by atoms with Crippen molar-refractivity contribution >= 4 is 6.29 Å². The van der Waals surface area contributed by atoms with E-state index in [1.54, 1.807) is 0 Å². The Bertz CT molecular complexity index is 113. The van der Waals surface area contributed by atoms with Gasteiger partial charge in [-0.3, -0.25) is 0 Å². The zero-order valence-electron chi connectivity index (χ0n) is 5.82. The average Bonchev–Trinajstić information content (AvgIpc) is 2.05. The van der Waals surface area contributed by atoms with E-state index < -0.39 is 0 Å². The van der Waals surface area contributed by atoms with Crippen molar-refractivity contribution in [1.82, 2.24) is 0 Å². The molecule has 0 bridgehead atoms. The lowest BCUT2D eigenvalue weighted by Crippen LogP contribution is -2.30. The van der Waals surface area contributed by atoms with Gasteiger partial charge in [0, 0.05) is 0 Å². The van der Waals surface area contributed by atoms with Crippen molar-refractivity contribution in [3.63, 3.8) is 0 Å². The van der Waals surface area contributed by atoms with Crippen LogP contribution in [0.25, 0.3) is 0 Å². The number of carbonyl (C=O) groups is 1. The standard InChI is InChI=1S/C7H12O3/c8-4-6-2-1-3-7(5-9)10-6/h4,6-7,9H,1-3,5H2. The normalized spacial score (nSPS) is 33.7. The van der Waals surface area contributed by atoms with Crippen LogP contribution in [0, 0.1) is 0 Å². The Morgan fingerprint density at radius 1 is 1.60 bits per heavy atom. The molecule has 0 amide bonds. The van der Waals surface area contributed by atoms with Crippen LogP contribution in [0.2, 0.25) is 0 Å². The van der Waals surface area contributed by atoms with Crippen molar-refractivity contribution in [2.24, 2.45) is 0 Å². The van der Waals surface area contributed by atoms with Gasteiger partial charge in [0.2, 0.25) is 0 Å². The molecule has 58 valence electrons. The molecule has 2 atom stereocenters. The van der Waals surface area contributed by atoms with Gasteiger partial charge in [-0.15, -0.1) is 0 Å². The van der Waals surface area contributed by atoms with Crippen LogP contribution < -0.4 is 0 Å². The molecule has 0 aromatic carbocycles. The summed E-state index contributed by atoms with van der Waals surface area (Å²) in [7, 11) is 0. The smallest absolute Gasteiger partial charge is 0.148 e. The van der Waals surface area contributed by atoms with Crippen LogP contribution in [-0.2, 0) is 9.53 Å². The highest BCUT2D eigenvalue weighted by molar-refractivity contribution is 5.56. The molecule has 1 N–H and O–H groups in total. The maximum atomic E-state index is 10.2. The lowest BCUT2D eigenvalue weighted by molar-refractivity contribution is -0.129. The largest absolute Gasteiger partial charge is 0.394 e. The minimum atomic E-state index is -0.272. The van der Waals surface area contributed by atoms with Gasteiger partial charge in [0.15, 0.2) is 0 Å². The number of aldehydes is 1. The third-order valence-electron chi connectivity index (χ3n) is 1.74. The molecule has 3 nitrogen and oxygen atoms in total.